The molecule has 3 rings (SSSR count). The predicted octanol–water partition coefficient (Wildman–Crippen LogP) is 1.16. The average Bonchev–Trinajstić information content (AvgIpc) is 3.11. The summed E-state index contributed by atoms with van der Waals surface area (Å²) < 4.78 is 35.6. The molecule has 1 amide bonds. The molecule has 0 aliphatic carbocycles. The Kier molecular flexibility index (Phi) is 9.29. The number of allylic oxidation sites excluding steroid dienone is 1. The van der Waals surface area contributed by atoms with Gasteiger partial charge < -0.3 is 34.8 Å². The summed E-state index contributed by atoms with van der Waals surface area (Å²) in [6.45, 7) is 4.35. The maximum atomic E-state index is 13.6. The quantitative estimate of drug-likeness (QED) is 0.241. The third kappa shape index (κ3) is 7.16. The van der Waals surface area contributed by atoms with Crippen LogP contribution in [0.2, 0.25) is 0 Å². The number of rotatable bonds is 11. The van der Waals surface area contributed by atoms with Gasteiger partial charge in [-0.3, -0.25) is 14.1 Å². The molecule has 2 aliphatic heterocycles. The fourth-order valence-corrected chi connectivity index (χ4v) is 5.02. The highest BCUT2D eigenvalue weighted by Crippen LogP contribution is 2.45. The summed E-state index contributed by atoms with van der Waals surface area (Å²) >= 11 is 0. The third-order valence-electron chi connectivity index (χ3n) is 5.30. The van der Waals surface area contributed by atoms with E-state index in [4.69, 9.17) is 24.3 Å². The fourth-order valence-electron chi connectivity index (χ4n) is 3.52. The van der Waals surface area contributed by atoms with Gasteiger partial charge in [-0.1, -0.05) is 24.3 Å². The maximum absolute atomic E-state index is 13.6. The second-order valence-corrected chi connectivity index (χ2v) is 10.3. The number of amides is 1. The van der Waals surface area contributed by atoms with Crippen LogP contribution in [0, 0.1) is 0 Å². The number of nitrogens with two attached hydrogens (primary N) is 1. The van der Waals surface area contributed by atoms with Gasteiger partial charge in [0.05, 0.1) is 12.7 Å². The Morgan fingerprint density at radius 2 is 1.92 bits per heavy atom. The Morgan fingerprint density at radius 1 is 1.22 bits per heavy atom. The molecule has 0 aromatic heterocycles. The van der Waals surface area contributed by atoms with Crippen LogP contribution in [0.3, 0.4) is 0 Å². The zero-order valence-electron chi connectivity index (χ0n) is 20.2. The van der Waals surface area contributed by atoms with Crippen LogP contribution in [-0.2, 0) is 28.2 Å². The van der Waals surface area contributed by atoms with E-state index in [1.165, 1.54) is 18.0 Å². The lowest BCUT2D eigenvalue weighted by molar-refractivity contribution is -0.149. The van der Waals surface area contributed by atoms with Gasteiger partial charge in [-0.15, -0.1) is 0 Å². The molecule has 0 radical (unpaired) electrons. The predicted molar refractivity (Wildman–Crippen MR) is 128 cm³/mol. The van der Waals surface area contributed by atoms with Crippen LogP contribution in [0.25, 0.3) is 0 Å². The molecule has 13 heteroatoms. The lowest BCUT2D eigenvalue weighted by Crippen LogP contribution is -2.40. The molecule has 2 heterocycles. The van der Waals surface area contributed by atoms with Gasteiger partial charge in [0.1, 0.15) is 30.1 Å². The van der Waals surface area contributed by atoms with Crippen molar-refractivity contribution < 1.29 is 42.9 Å². The molecule has 0 spiro atoms. The van der Waals surface area contributed by atoms with Gasteiger partial charge in [0.15, 0.2) is 6.23 Å². The molecule has 0 bridgehead atoms. The lowest BCUT2D eigenvalue weighted by Gasteiger charge is -2.28. The molecular formula is C23H32N3O9P. The van der Waals surface area contributed by atoms with Gasteiger partial charge in [0, 0.05) is 18.0 Å². The van der Waals surface area contributed by atoms with Crippen molar-refractivity contribution in [1.82, 2.24) is 9.99 Å². The molecule has 6 atom stereocenters. The van der Waals surface area contributed by atoms with Crippen molar-refractivity contribution in [2.24, 2.45) is 5.73 Å². The van der Waals surface area contributed by atoms with E-state index in [1.807, 2.05) is 0 Å². The number of nitrogens with zero attached hydrogens (tertiary/aromatic N) is 1. The Labute approximate surface area is 209 Å². The van der Waals surface area contributed by atoms with Gasteiger partial charge in [0.2, 0.25) is 5.91 Å². The van der Waals surface area contributed by atoms with E-state index in [0.29, 0.717) is 12.0 Å². The molecule has 198 valence electrons. The monoisotopic (exact) mass is 525 g/mol. The van der Waals surface area contributed by atoms with E-state index in [-0.39, 0.29) is 11.9 Å². The van der Waals surface area contributed by atoms with Gasteiger partial charge in [-0.2, -0.15) is 5.09 Å². The second-order valence-electron chi connectivity index (χ2n) is 8.63. The molecule has 5 N–H and O–H groups in total. The number of hydrogen-bond donors (Lipinski definition) is 4. The van der Waals surface area contributed by atoms with E-state index in [1.54, 1.807) is 56.5 Å². The summed E-state index contributed by atoms with van der Waals surface area (Å²) in [7, 11) is -4.19. The molecule has 12 nitrogen and oxygen atoms in total. The van der Waals surface area contributed by atoms with Crippen molar-refractivity contribution in [3.05, 3.63) is 54.4 Å². The Bertz CT molecular complexity index is 1030. The Hall–Kier alpha value is -2.73. The second kappa shape index (κ2) is 12.0. The number of benzene rings is 1. The first-order chi connectivity index (χ1) is 17.0. The molecule has 5 unspecified atom stereocenters. The summed E-state index contributed by atoms with van der Waals surface area (Å²) in [4.78, 5) is 25.2. The first kappa shape index (κ1) is 27.9. The molecule has 2 aliphatic rings. The van der Waals surface area contributed by atoms with E-state index in [9.17, 15) is 24.4 Å². The molecule has 1 aromatic rings. The molecule has 36 heavy (non-hydrogen) atoms. The number of aliphatic hydroxyl groups excluding tert-OH is 2. The fraction of sp³-hybridized carbons (Fsp3) is 0.478. The number of nitrogens with one attached hydrogen (secondary N) is 1. The first-order valence-corrected chi connectivity index (χ1v) is 13.0. The highest BCUT2D eigenvalue weighted by molar-refractivity contribution is 7.52. The number of para-hydroxylation sites is 1. The van der Waals surface area contributed by atoms with E-state index >= 15 is 0 Å². The van der Waals surface area contributed by atoms with Gasteiger partial charge in [0.25, 0.3) is 0 Å². The van der Waals surface area contributed by atoms with E-state index < -0.39 is 56.8 Å². The lowest BCUT2D eigenvalue weighted by atomic mass is 10.1. The number of ether oxygens (including phenoxy) is 2. The van der Waals surface area contributed by atoms with Crippen molar-refractivity contribution in [3.8, 4) is 5.75 Å². The highest BCUT2D eigenvalue weighted by atomic mass is 31.2. The van der Waals surface area contributed by atoms with Crippen LogP contribution < -0.4 is 15.3 Å². The SMILES string of the molecule is CC(C)OC(=O)[C@H](C)NP(=O)(OCC1OC(N2C=CCC(C(N)=O)=C2)C(O)C1O)Oc1ccccc1. The van der Waals surface area contributed by atoms with Crippen LogP contribution in [0.5, 0.6) is 5.75 Å². The van der Waals surface area contributed by atoms with Crippen molar-refractivity contribution >= 4 is 19.6 Å². The van der Waals surface area contributed by atoms with Crippen molar-refractivity contribution in [3.63, 3.8) is 0 Å². The standard InChI is InChI=1S/C23H32N3O9P/c1-14(2)33-23(30)15(3)25-36(31,35-17-9-5-4-6-10-17)32-13-18-19(27)20(28)22(34-18)26-11-7-8-16(12-26)21(24)29/h4-7,9-12,14-15,18-20,22,27-28H,8,13H2,1-3H3,(H2,24,29)(H,25,31)/t15-,18?,19?,20?,22?,36?/m0/s1. The highest BCUT2D eigenvalue weighted by Gasteiger charge is 2.46. The van der Waals surface area contributed by atoms with Gasteiger partial charge in [-0.25, -0.2) is 4.57 Å². The normalized spacial score (nSPS) is 26.3. The van der Waals surface area contributed by atoms with Crippen LogP contribution in [0.4, 0.5) is 0 Å². The minimum Gasteiger partial charge on any atom is -0.462 e. The van der Waals surface area contributed by atoms with Crippen LogP contribution >= 0.6 is 7.75 Å². The zero-order valence-corrected chi connectivity index (χ0v) is 21.1. The number of carbonyl (C=O) groups excluding carboxylic acids is 2. The zero-order chi connectivity index (χ0) is 26.5. The number of hydrogen-bond acceptors (Lipinski definition) is 10. The number of esters is 1. The third-order valence-corrected chi connectivity index (χ3v) is 6.95. The number of aliphatic hydroxyl groups is 2. The van der Waals surface area contributed by atoms with E-state index in [0.717, 1.165) is 0 Å². The largest absolute Gasteiger partial charge is 0.462 e. The molecule has 1 fully saturated rings. The Morgan fingerprint density at radius 3 is 2.56 bits per heavy atom. The van der Waals surface area contributed by atoms with Gasteiger partial charge in [-0.05, 0) is 39.3 Å². The summed E-state index contributed by atoms with van der Waals surface area (Å²) in [5.41, 5.74) is 5.64. The average molecular weight is 525 g/mol. The summed E-state index contributed by atoms with van der Waals surface area (Å²) in [5, 5.41) is 23.6. The van der Waals surface area contributed by atoms with Crippen LogP contribution in [-0.4, -0.2) is 70.3 Å². The van der Waals surface area contributed by atoms with Crippen molar-refractivity contribution in [2.45, 2.75) is 63.9 Å². The minimum atomic E-state index is -4.19. The first-order valence-electron chi connectivity index (χ1n) is 11.4. The van der Waals surface area contributed by atoms with Crippen LogP contribution in [0.1, 0.15) is 27.2 Å². The van der Waals surface area contributed by atoms with Gasteiger partial charge >= 0.3 is 13.7 Å². The smallest absolute Gasteiger partial charge is 0.459 e. The Balaban J connectivity index is 1.72. The minimum absolute atomic E-state index is 0.214. The van der Waals surface area contributed by atoms with Crippen molar-refractivity contribution in [1.29, 1.82) is 0 Å². The molecule has 1 aromatic carbocycles. The number of carbonyl (C=O) groups is 2. The summed E-state index contributed by atoms with van der Waals surface area (Å²) in [6, 6.07) is 7.14. The van der Waals surface area contributed by atoms with E-state index in [2.05, 4.69) is 5.09 Å². The summed E-state index contributed by atoms with van der Waals surface area (Å²) in [6.07, 6.45) is -0.339. The topological polar surface area (TPSA) is 170 Å². The molecular weight excluding hydrogens is 493 g/mol. The molecule has 1 saturated heterocycles. The maximum Gasteiger partial charge on any atom is 0.459 e. The van der Waals surface area contributed by atoms with Crippen molar-refractivity contribution in [2.75, 3.05) is 6.61 Å². The molecule has 0 saturated carbocycles. The van der Waals surface area contributed by atoms with Crippen LogP contribution in [0.15, 0.2) is 54.4 Å². The number of primary amides is 1. The summed E-state index contributed by atoms with van der Waals surface area (Å²) in [5.74, 6) is -1.06.